The van der Waals surface area contributed by atoms with E-state index >= 15 is 14.4 Å². The molecule has 6 aromatic rings. The molecule has 0 bridgehead atoms. The van der Waals surface area contributed by atoms with Crippen molar-refractivity contribution >= 4 is 115 Å². The number of unbranched alkanes of at least 4 members (excludes halogenated alkanes) is 2. The number of hydrogen-bond donors (Lipinski definition) is 8. The predicted octanol–water partition coefficient (Wildman–Crippen LogP) is 11.6. The number of alkyl halides is 4. The van der Waals surface area contributed by atoms with Crippen LogP contribution in [0.1, 0.15) is 124 Å². The smallest absolute Gasteiger partial charge is 0.407 e. The van der Waals surface area contributed by atoms with E-state index in [4.69, 9.17) is 155 Å². The Kier molecular flexibility index (Phi) is 42.8. The summed E-state index contributed by atoms with van der Waals surface area (Å²) in [5, 5.41) is 64.2. The predicted molar refractivity (Wildman–Crippen MR) is 530 cm³/mol. The maximum absolute atomic E-state index is 16.4. The first-order valence-electron chi connectivity index (χ1n) is 49.3. The number of carbonyl (C=O) groups is 10. The van der Waals surface area contributed by atoms with Crippen LogP contribution in [0, 0.1) is 11.8 Å². The van der Waals surface area contributed by atoms with Crippen LogP contribution in [0.15, 0.2) is 182 Å². The van der Waals surface area contributed by atoms with Crippen molar-refractivity contribution in [3.8, 4) is 0 Å². The van der Waals surface area contributed by atoms with Crippen LogP contribution in [0.25, 0.3) is 0 Å². The number of fused-ring (bicyclic) bond motifs is 2. The van der Waals surface area contributed by atoms with E-state index in [2.05, 4.69) is 16.0 Å². The number of hydrogen-bond acceptors (Lipinski definition) is 35. The van der Waals surface area contributed by atoms with Gasteiger partial charge in [-0.3, -0.25) is 19.2 Å². The summed E-state index contributed by atoms with van der Waals surface area (Å²) in [4.78, 5) is 142. The normalized spacial score (nSPS) is 28.6. The van der Waals surface area contributed by atoms with Crippen molar-refractivity contribution in [1.29, 1.82) is 0 Å². The number of halogens is 4. The number of carbonyl (C=O) groups excluding carboxylic acids is 7. The highest BCUT2D eigenvalue weighted by Crippen LogP contribution is 2.49. The van der Waals surface area contributed by atoms with Gasteiger partial charge < -0.3 is 150 Å². The molecular formula is C104H129Cl4N3O38Si. The van der Waals surface area contributed by atoms with Gasteiger partial charge in [-0.05, 0) is 89.7 Å². The Morgan fingerprint density at radius 2 is 0.987 bits per heavy atom. The maximum atomic E-state index is 16.4. The Hall–Kier alpha value is -9.92. The number of carboxylic acid groups (broad SMARTS) is 3. The number of ether oxygens (including phenoxy) is 22. The van der Waals surface area contributed by atoms with E-state index in [0.29, 0.717) is 47.4 Å². The van der Waals surface area contributed by atoms with Crippen LogP contribution in [0.3, 0.4) is 0 Å². The lowest BCUT2D eigenvalue weighted by Crippen LogP contribution is -2.72. The molecule has 1 unspecified atom stereocenters. The Morgan fingerprint density at radius 3 is 1.49 bits per heavy atom. The second kappa shape index (κ2) is 54.7. The number of rotatable bonds is 53. The lowest BCUT2D eigenvalue weighted by Gasteiger charge is -2.54. The molecule has 0 radical (unpaired) electrons. The van der Waals surface area contributed by atoms with Crippen molar-refractivity contribution in [3.63, 3.8) is 0 Å². The zero-order valence-electron chi connectivity index (χ0n) is 83.8. The molecule has 820 valence electrons. The zero-order chi connectivity index (χ0) is 108. The number of carboxylic acids is 3. The number of aliphatic hydroxyl groups excluding tert-OH is 2. The maximum Gasteiger partial charge on any atom is 0.407 e. The summed E-state index contributed by atoms with van der Waals surface area (Å²) in [6.07, 6.45) is -44.0. The minimum Gasteiger partial charge on any atom is -0.481 e. The van der Waals surface area contributed by atoms with Gasteiger partial charge in [0.15, 0.2) is 33.3 Å². The van der Waals surface area contributed by atoms with Gasteiger partial charge in [-0.2, -0.15) is 0 Å². The first-order valence-corrected chi connectivity index (χ1v) is 53.8. The lowest BCUT2D eigenvalue weighted by atomic mass is 9.75. The standard InChI is InChI=1S/C104H129Cl4N3O38Si/c1-60(112)132-58-74-83(133-52-63-34-20-11-21-35-63)87(149-150(7,8)101(2,3)4)80(111-98(124)136-59-104(106,107)108)93(138-74)144-85-73(57-130-51-62-32-18-10-19-33-62)140-95(145-84-72(56-129-50-61-30-16-9-17-31-61)139-94(131-45-29-15-28-44-105)90(135-54-65-38-24-13-25-39-65)88(84)134-53-64-36-22-12-23-37-64)91(143-92(121)66-40-26-14-27-41-66)89(85)148-103(97(123)128-6)49-71-79(110-100(126)142-71)86(147-103)81(120)69(113)55-137-102(96(122)127-5)48-70-78(109-99(125)141-70)82(146-102)68(47-77(118)119)67(46-76(116)117)42-43-75(114)115/h9-14,16-27,30-41,67-74,78-91,93-95,113,120H,15,28-29,42-59H2,1-8H3,(H,109,125)(H,110,126)(H,111,124)(H,114,115)(H,116,117)(H,118,119)/t67-,68+,69-,70+,71+,72-,73-,74-,78-,79-,80-,81-,82-,83+,84-,85+,86-,87-,88?,89+,90-,91-,93+,94-,95+,102-,103+/m1/s1. The van der Waals surface area contributed by atoms with E-state index in [1.165, 1.54) is 24.3 Å². The summed E-state index contributed by atoms with van der Waals surface area (Å²) in [6, 6.07) is 47.7. The molecule has 46 heteroatoms. The van der Waals surface area contributed by atoms with Crippen LogP contribution in [-0.4, -0.2) is 310 Å². The monoisotopic (exact) mass is 2200 g/mol. The highest BCUT2D eigenvalue weighted by Gasteiger charge is 2.67. The van der Waals surface area contributed by atoms with Gasteiger partial charge in [0, 0.05) is 38.2 Å². The number of aliphatic carboxylic acids is 3. The van der Waals surface area contributed by atoms with Crippen molar-refractivity contribution in [1.82, 2.24) is 16.0 Å². The van der Waals surface area contributed by atoms with Gasteiger partial charge in [0.1, 0.15) is 105 Å². The number of amides is 3. The van der Waals surface area contributed by atoms with E-state index in [1.807, 2.05) is 125 Å². The molecule has 8 N–H and O–H groups in total. The average molecular weight is 2200 g/mol. The lowest BCUT2D eigenvalue weighted by molar-refractivity contribution is -0.402. The number of methoxy groups -OCH3 is 2. The molecule has 0 aromatic heterocycles. The SMILES string of the molecule is COC(=O)[C@@]1(OC[C@@H](O)[C@@H](O)[C@@H]2O[C@@](O[C@H]3[C@@H](O[C@@H]4O[C@H](COC(C)=O)[C@H](OCc5ccccc5)[C@H](O[Si](C)(C)C(C)(C)C)[C@H]4NC(=O)OCC(Cl)(Cl)Cl)[C@@H](COCc4ccccc4)O[C@@H](O[C@H]4C(OCc5ccccc5)[C@@H](OCc5ccccc5)[C@H](OCCCCCCl)O[C@@H]4COCc4ccccc4)[C@@H]3OC(=O)c3ccccc3)(C(=O)OC)C[C@@H]3OC(=O)N[C@@H]23)C[C@@H]2OC(=O)N[C@H]2[C@@H]([C@@H](CC(=O)O)[C@H](CCC(=O)O)CC(=O)O)O1. The molecule has 27 atom stereocenters. The van der Waals surface area contributed by atoms with E-state index in [1.54, 1.807) is 66.7 Å². The van der Waals surface area contributed by atoms with Crippen molar-refractivity contribution < 1.29 is 182 Å². The van der Waals surface area contributed by atoms with Gasteiger partial charge in [0.05, 0.1) is 116 Å². The summed E-state index contributed by atoms with van der Waals surface area (Å²) in [5.74, 6) is -18.3. The number of aliphatic hydroxyl groups is 2. The van der Waals surface area contributed by atoms with Crippen molar-refractivity contribution in [2.75, 3.05) is 59.7 Å². The van der Waals surface area contributed by atoms with Crippen LogP contribution in [-0.2, 0) is 170 Å². The third-order valence-electron chi connectivity index (χ3n) is 27.0. The molecule has 0 saturated carbocycles. The fourth-order valence-electron chi connectivity index (χ4n) is 18.7. The number of esters is 4. The van der Waals surface area contributed by atoms with E-state index < -0.39 is 306 Å². The summed E-state index contributed by atoms with van der Waals surface area (Å²) >= 11 is 25.3. The van der Waals surface area contributed by atoms with Crippen LogP contribution < -0.4 is 16.0 Å². The molecule has 6 aromatic carbocycles. The van der Waals surface area contributed by atoms with Crippen molar-refractivity contribution in [2.45, 2.75) is 293 Å². The molecule has 7 fully saturated rings. The van der Waals surface area contributed by atoms with Gasteiger partial charge >= 0.3 is 60.1 Å². The Labute approximate surface area is 887 Å². The molecular weight excluding hydrogens is 2070 g/mol. The molecule has 0 spiro atoms. The Balaban J connectivity index is 1.02. The number of nitrogens with one attached hydrogen (secondary N) is 3. The summed E-state index contributed by atoms with van der Waals surface area (Å²) in [7, 11) is -1.59. The Morgan fingerprint density at radius 1 is 0.520 bits per heavy atom. The quantitative estimate of drug-likeness (QED) is 0.00578. The summed E-state index contributed by atoms with van der Waals surface area (Å²) < 4.78 is 154. The molecule has 7 aliphatic heterocycles. The minimum atomic E-state index is -3.37. The largest absolute Gasteiger partial charge is 0.481 e. The molecule has 13 rings (SSSR count). The van der Waals surface area contributed by atoms with Gasteiger partial charge in [-0.1, -0.05) is 225 Å². The number of alkyl carbamates (subject to hydrolysis) is 3. The van der Waals surface area contributed by atoms with Crippen molar-refractivity contribution in [3.05, 3.63) is 215 Å². The van der Waals surface area contributed by atoms with Crippen LogP contribution in [0.5, 0.6) is 0 Å². The second-order valence-electron chi connectivity index (χ2n) is 38.8. The van der Waals surface area contributed by atoms with E-state index in [9.17, 15) is 59.1 Å². The zero-order valence-corrected chi connectivity index (χ0v) is 87.8. The molecule has 150 heavy (non-hydrogen) atoms. The molecule has 41 nitrogen and oxygen atoms in total. The third-order valence-corrected chi connectivity index (χ3v) is 32.1. The van der Waals surface area contributed by atoms with Crippen molar-refractivity contribution in [2.24, 2.45) is 11.8 Å². The van der Waals surface area contributed by atoms with Gasteiger partial charge in [-0.25, -0.2) is 28.8 Å². The minimum absolute atomic E-state index is 0.0310. The molecule has 0 aliphatic carbocycles. The molecule has 7 saturated heterocycles. The summed E-state index contributed by atoms with van der Waals surface area (Å²) in [6.45, 7) is 6.17. The molecule has 3 amide bonds. The fourth-order valence-corrected chi connectivity index (χ4v) is 20.3. The first kappa shape index (κ1) is 117. The highest BCUT2D eigenvalue weighted by atomic mass is 35.6. The van der Waals surface area contributed by atoms with Gasteiger partial charge in [0.2, 0.25) is 3.79 Å². The first-order chi connectivity index (χ1) is 71.7. The third kappa shape index (κ3) is 31.9. The van der Waals surface area contributed by atoms with Gasteiger partial charge in [0.25, 0.3) is 11.6 Å². The number of benzene rings is 6. The van der Waals surface area contributed by atoms with E-state index in [0.717, 1.165) is 26.7 Å². The van der Waals surface area contributed by atoms with Gasteiger partial charge in [-0.15, -0.1) is 11.6 Å². The highest BCUT2D eigenvalue weighted by molar-refractivity contribution is 6.74. The average Bonchev–Trinajstić information content (AvgIpc) is 1.49. The van der Waals surface area contributed by atoms with Crippen LogP contribution in [0.2, 0.25) is 18.1 Å². The molecule has 7 aliphatic rings. The fraction of sp³-hybridized carbons (Fsp3) is 0.558. The molecule has 7 heterocycles. The van der Waals surface area contributed by atoms with Crippen LogP contribution in [0.4, 0.5) is 14.4 Å². The van der Waals surface area contributed by atoms with E-state index in [-0.39, 0.29) is 51.8 Å². The Bertz CT molecular complexity index is 5350. The second-order valence-corrected chi connectivity index (χ2v) is 46.4. The van der Waals surface area contributed by atoms with Crippen LogP contribution >= 0.6 is 46.4 Å². The summed E-state index contributed by atoms with van der Waals surface area (Å²) in [5.41, 5.74) is 3.11. The topological polar surface area (TPSA) is 520 Å².